The van der Waals surface area contributed by atoms with Gasteiger partial charge in [-0.1, -0.05) is 84.9 Å². The van der Waals surface area contributed by atoms with Gasteiger partial charge in [-0.05, 0) is 96.1 Å². The Labute approximate surface area is 314 Å². The molecule has 5 heteroatoms. The van der Waals surface area contributed by atoms with E-state index < -0.39 is 0 Å². The Bertz CT molecular complexity index is 3320. The molecule has 0 saturated heterocycles. The zero-order valence-corrected chi connectivity index (χ0v) is 29.7. The smallest absolute Gasteiger partial charge is 0.147 e. The number of benzene rings is 8. The number of thiophene rings is 1. The molecular weight excluding hydrogens is 679 g/mol. The molecule has 0 fully saturated rings. The highest BCUT2D eigenvalue weighted by molar-refractivity contribution is 7.25. The zero-order valence-electron chi connectivity index (χ0n) is 28.9. The van der Waals surface area contributed by atoms with E-state index in [1.165, 1.54) is 42.2 Å². The lowest BCUT2D eigenvalue weighted by Gasteiger charge is -2.13. The van der Waals surface area contributed by atoms with Crippen molar-refractivity contribution < 1.29 is 4.74 Å². The van der Waals surface area contributed by atoms with Gasteiger partial charge in [0.25, 0.3) is 0 Å². The van der Waals surface area contributed by atoms with Crippen LogP contribution in [-0.2, 0) is 0 Å². The van der Waals surface area contributed by atoms with Crippen molar-refractivity contribution in [1.29, 1.82) is 5.26 Å². The summed E-state index contributed by atoms with van der Waals surface area (Å²) in [5.74, 6) is 1.23. The molecule has 11 aromatic rings. The van der Waals surface area contributed by atoms with Gasteiger partial charge < -0.3 is 13.9 Å². The summed E-state index contributed by atoms with van der Waals surface area (Å²) < 4.78 is 13.6. The van der Waals surface area contributed by atoms with Crippen LogP contribution in [0.1, 0.15) is 5.56 Å². The number of fused-ring (bicyclic) bond motifs is 9. The summed E-state index contributed by atoms with van der Waals surface area (Å²) in [7, 11) is 0. The summed E-state index contributed by atoms with van der Waals surface area (Å²) in [6, 6.07) is 64.2. The lowest BCUT2D eigenvalue weighted by molar-refractivity contribution is 0.481. The highest BCUT2D eigenvalue weighted by atomic mass is 32.1. The van der Waals surface area contributed by atoms with E-state index in [4.69, 9.17) is 4.74 Å². The minimum absolute atomic E-state index is 0.487. The molecule has 0 aliphatic carbocycles. The highest BCUT2D eigenvalue weighted by Gasteiger charge is 2.18. The van der Waals surface area contributed by atoms with E-state index in [9.17, 15) is 5.26 Å². The Morgan fingerprint density at radius 2 is 1.00 bits per heavy atom. The predicted octanol–water partition coefficient (Wildman–Crippen LogP) is 13.6. The molecule has 54 heavy (non-hydrogen) atoms. The Balaban J connectivity index is 1.03. The molecule has 0 N–H and O–H groups in total. The average molecular weight is 708 g/mol. The van der Waals surface area contributed by atoms with Crippen LogP contribution in [-0.4, -0.2) is 9.13 Å². The van der Waals surface area contributed by atoms with Crippen LogP contribution < -0.4 is 4.74 Å². The van der Waals surface area contributed by atoms with Gasteiger partial charge in [0.2, 0.25) is 0 Å². The number of hydrogen-bond acceptors (Lipinski definition) is 3. The van der Waals surface area contributed by atoms with Crippen LogP contribution in [0.5, 0.6) is 11.5 Å². The van der Waals surface area contributed by atoms with Crippen LogP contribution in [0.3, 0.4) is 0 Å². The van der Waals surface area contributed by atoms with Crippen molar-refractivity contribution in [3.63, 3.8) is 0 Å². The lowest BCUT2D eigenvalue weighted by atomic mass is 10.0. The Hall–Kier alpha value is -7.13. The summed E-state index contributed by atoms with van der Waals surface area (Å²) in [6.07, 6.45) is 0. The Morgan fingerprint density at radius 3 is 1.69 bits per heavy atom. The second-order valence-corrected chi connectivity index (χ2v) is 14.7. The van der Waals surface area contributed by atoms with E-state index in [0.717, 1.165) is 44.1 Å². The molecule has 11 rings (SSSR count). The molecule has 252 valence electrons. The number of aromatic nitrogens is 2. The molecule has 0 radical (unpaired) electrons. The van der Waals surface area contributed by atoms with Crippen LogP contribution in [0.25, 0.3) is 86.3 Å². The SMILES string of the molecule is N#Cc1ccc(-n2c3ccccc3c3cc(-c4ccc5c(c4)c4ccccc4n5-c4ccccc4)ccc32)cc1Oc1ccc2sc3ccccc3c2c1. The van der Waals surface area contributed by atoms with Crippen molar-refractivity contribution in [3.05, 3.63) is 181 Å². The molecular formula is C49H29N3OS. The van der Waals surface area contributed by atoms with E-state index in [2.05, 4.69) is 167 Å². The van der Waals surface area contributed by atoms with Gasteiger partial charge >= 0.3 is 0 Å². The maximum atomic E-state index is 10.1. The fourth-order valence-corrected chi connectivity index (χ4v) is 9.25. The van der Waals surface area contributed by atoms with Crippen molar-refractivity contribution in [2.75, 3.05) is 0 Å². The van der Waals surface area contributed by atoms with Gasteiger partial charge in [-0.2, -0.15) is 5.26 Å². The van der Waals surface area contributed by atoms with Gasteiger partial charge in [0, 0.05) is 59.2 Å². The molecule has 8 aromatic carbocycles. The van der Waals surface area contributed by atoms with Crippen LogP contribution in [0.15, 0.2) is 176 Å². The first-order valence-corrected chi connectivity index (χ1v) is 18.8. The third-order valence-electron chi connectivity index (χ3n) is 10.6. The predicted molar refractivity (Wildman–Crippen MR) is 225 cm³/mol. The van der Waals surface area contributed by atoms with Crippen LogP contribution in [0.2, 0.25) is 0 Å². The summed E-state index contributed by atoms with van der Waals surface area (Å²) >= 11 is 1.78. The molecule has 0 bridgehead atoms. The molecule has 0 aliphatic rings. The lowest BCUT2D eigenvalue weighted by Crippen LogP contribution is -1.96. The first kappa shape index (κ1) is 30.5. The van der Waals surface area contributed by atoms with Crippen molar-refractivity contribution in [2.24, 2.45) is 0 Å². The van der Waals surface area contributed by atoms with Gasteiger partial charge in [0.1, 0.15) is 17.6 Å². The Morgan fingerprint density at radius 1 is 0.426 bits per heavy atom. The van der Waals surface area contributed by atoms with Crippen LogP contribution >= 0.6 is 11.3 Å². The van der Waals surface area contributed by atoms with E-state index in [1.807, 2.05) is 24.3 Å². The van der Waals surface area contributed by atoms with Gasteiger partial charge in [-0.25, -0.2) is 0 Å². The molecule has 0 amide bonds. The maximum absolute atomic E-state index is 10.1. The molecule has 4 nitrogen and oxygen atoms in total. The van der Waals surface area contributed by atoms with Gasteiger partial charge in [-0.3, -0.25) is 0 Å². The fourth-order valence-electron chi connectivity index (χ4n) is 8.16. The molecule has 0 unspecified atom stereocenters. The number of para-hydroxylation sites is 3. The third-order valence-corrected chi connectivity index (χ3v) is 11.8. The summed E-state index contributed by atoms with van der Waals surface area (Å²) in [5.41, 5.74) is 9.45. The zero-order chi connectivity index (χ0) is 35.8. The summed E-state index contributed by atoms with van der Waals surface area (Å²) in [6.45, 7) is 0. The van der Waals surface area contributed by atoms with E-state index in [0.29, 0.717) is 17.1 Å². The number of hydrogen-bond donors (Lipinski definition) is 0. The second kappa shape index (κ2) is 12.0. The summed E-state index contributed by atoms with van der Waals surface area (Å²) in [4.78, 5) is 0. The monoisotopic (exact) mass is 707 g/mol. The van der Waals surface area contributed by atoms with Crippen molar-refractivity contribution in [1.82, 2.24) is 9.13 Å². The molecule has 0 aliphatic heterocycles. The molecule has 0 saturated carbocycles. The van der Waals surface area contributed by atoms with E-state index >= 15 is 0 Å². The quantitative estimate of drug-likeness (QED) is 0.179. The summed E-state index contributed by atoms with van der Waals surface area (Å²) in [5, 5.41) is 17.3. The standard InChI is InChI=1S/C49H29N3OS/c50-30-33-18-21-35(28-47(33)53-36-22-25-49-42(29-36)39-14-6-9-17-48(39)54-49)52-44-16-8-5-13-38(44)41-27-32(20-24-46(41)52)31-19-23-45-40(26-31)37-12-4-7-15-43(37)51(45)34-10-2-1-3-11-34/h1-29H. The van der Waals surface area contributed by atoms with Gasteiger partial charge in [0.05, 0.1) is 27.6 Å². The second-order valence-electron chi connectivity index (χ2n) is 13.7. The largest absolute Gasteiger partial charge is 0.456 e. The fraction of sp³-hybridized carbons (Fsp3) is 0. The number of nitriles is 1. The van der Waals surface area contributed by atoms with Crippen molar-refractivity contribution in [3.8, 4) is 40.1 Å². The van der Waals surface area contributed by atoms with Gasteiger partial charge in [0.15, 0.2) is 0 Å². The molecule has 3 aromatic heterocycles. The van der Waals surface area contributed by atoms with Crippen molar-refractivity contribution in [2.45, 2.75) is 0 Å². The highest BCUT2D eigenvalue weighted by Crippen LogP contribution is 2.40. The Kier molecular flexibility index (Phi) is 6.75. The molecule has 0 spiro atoms. The van der Waals surface area contributed by atoms with E-state index in [1.54, 1.807) is 11.3 Å². The van der Waals surface area contributed by atoms with Crippen molar-refractivity contribution >= 4 is 75.1 Å². The molecule has 3 heterocycles. The van der Waals surface area contributed by atoms with Gasteiger partial charge in [-0.15, -0.1) is 11.3 Å². The minimum Gasteiger partial charge on any atom is -0.456 e. The van der Waals surface area contributed by atoms with Crippen LogP contribution in [0, 0.1) is 11.3 Å². The van der Waals surface area contributed by atoms with E-state index in [-0.39, 0.29) is 0 Å². The first-order chi connectivity index (χ1) is 26.7. The first-order valence-electron chi connectivity index (χ1n) is 18.0. The number of ether oxygens (including phenoxy) is 1. The number of rotatable bonds is 5. The molecule has 0 atom stereocenters. The van der Waals surface area contributed by atoms with Crippen LogP contribution in [0.4, 0.5) is 0 Å². The minimum atomic E-state index is 0.487. The average Bonchev–Trinajstić information content (AvgIpc) is 3.88. The third kappa shape index (κ3) is 4.68. The normalized spacial score (nSPS) is 11.7. The maximum Gasteiger partial charge on any atom is 0.147 e. The topological polar surface area (TPSA) is 42.9 Å². The number of nitrogens with zero attached hydrogens (tertiary/aromatic N) is 3.